The van der Waals surface area contributed by atoms with Crippen molar-refractivity contribution in [3.05, 3.63) is 35.4 Å². The molecule has 0 radical (unpaired) electrons. The van der Waals surface area contributed by atoms with Gasteiger partial charge in [0.05, 0.1) is 6.04 Å². The lowest BCUT2D eigenvalue weighted by molar-refractivity contribution is 0.191. The Morgan fingerprint density at radius 3 is 2.75 bits per heavy atom. The van der Waals surface area contributed by atoms with Crippen LogP contribution in [0.5, 0.6) is 0 Å². The van der Waals surface area contributed by atoms with E-state index in [-0.39, 0.29) is 12.1 Å². The van der Waals surface area contributed by atoms with Crippen LogP contribution in [0.15, 0.2) is 24.3 Å². The Morgan fingerprint density at radius 1 is 1.50 bits per heavy atom. The number of nitrogens with one attached hydrogen (secondary N) is 1. The Hall–Kier alpha value is -1.55. The second-order valence-electron chi connectivity index (χ2n) is 4.10. The van der Waals surface area contributed by atoms with Crippen molar-refractivity contribution in [3.63, 3.8) is 0 Å². The maximum Gasteiger partial charge on any atom is 0.405 e. The number of amides is 1. The van der Waals surface area contributed by atoms with Crippen molar-refractivity contribution >= 4 is 6.09 Å². The molecule has 1 aromatic rings. The summed E-state index contributed by atoms with van der Waals surface area (Å²) >= 11 is 0. The molecule has 0 bridgehead atoms. The van der Waals surface area contributed by atoms with Gasteiger partial charge in [-0.3, -0.25) is 0 Å². The average Bonchev–Trinajstić information content (AvgIpc) is 2.16. The average molecular weight is 222 g/mol. The van der Waals surface area contributed by atoms with Crippen LogP contribution < -0.4 is 11.1 Å². The number of carbonyl (C=O) groups is 1. The van der Waals surface area contributed by atoms with Gasteiger partial charge in [-0.2, -0.15) is 0 Å². The molecular weight excluding hydrogens is 204 g/mol. The fraction of sp³-hybridized carbons (Fsp3) is 0.417. The summed E-state index contributed by atoms with van der Waals surface area (Å²) in [7, 11) is 0. The first-order valence-corrected chi connectivity index (χ1v) is 5.33. The van der Waals surface area contributed by atoms with Gasteiger partial charge in [0.25, 0.3) is 0 Å². The third-order valence-electron chi connectivity index (χ3n) is 2.35. The molecule has 16 heavy (non-hydrogen) atoms. The maximum absolute atomic E-state index is 10.5. The molecule has 1 amide bonds. The molecule has 88 valence electrons. The second-order valence-corrected chi connectivity index (χ2v) is 4.10. The summed E-state index contributed by atoms with van der Waals surface area (Å²) in [5.41, 5.74) is 7.81. The molecule has 2 atom stereocenters. The molecule has 0 aliphatic heterocycles. The van der Waals surface area contributed by atoms with Gasteiger partial charge >= 0.3 is 6.09 Å². The minimum atomic E-state index is -1.01. The predicted molar refractivity (Wildman–Crippen MR) is 63.4 cm³/mol. The standard InChI is InChI=1S/C12H18N2O2/c1-8(13)6-10-4-3-5-11(7-10)9(2)14-12(15)16/h3-5,7-9,14H,6,13H2,1-2H3,(H,15,16). The molecular formula is C12H18N2O2. The maximum atomic E-state index is 10.5. The van der Waals surface area contributed by atoms with Crippen molar-refractivity contribution in [2.75, 3.05) is 0 Å². The number of hydrogen-bond acceptors (Lipinski definition) is 2. The van der Waals surface area contributed by atoms with Crippen LogP contribution in [0.3, 0.4) is 0 Å². The Labute approximate surface area is 95.5 Å². The van der Waals surface area contributed by atoms with Crippen LogP contribution in [0.2, 0.25) is 0 Å². The van der Waals surface area contributed by atoms with E-state index < -0.39 is 6.09 Å². The van der Waals surface area contributed by atoms with Crippen LogP contribution in [-0.2, 0) is 6.42 Å². The summed E-state index contributed by atoms with van der Waals surface area (Å²) in [5.74, 6) is 0. The van der Waals surface area contributed by atoms with Crippen LogP contribution in [0.4, 0.5) is 4.79 Å². The summed E-state index contributed by atoms with van der Waals surface area (Å²) in [6.07, 6.45) is -0.210. The monoisotopic (exact) mass is 222 g/mol. The highest BCUT2D eigenvalue weighted by Crippen LogP contribution is 2.14. The van der Waals surface area contributed by atoms with Crippen molar-refractivity contribution in [2.45, 2.75) is 32.4 Å². The predicted octanol–water partition coefficient (Wildman–Crippen LogP) is 1.90. The molecule has 0 heterocycles. The molecule has 0 fully saturated rings. The first-order valence-electron chi connectivity index (χ1n) is 5.33. The van der Waals surface area contributed by atoms with Crippen LogP contribution in [-0.4, -0.2) is 17.2 Å². The molecule has 1 rings (SSSR count). The fourth-order valence-corrected chi connectivity index (χ4v) is 1.63. The number of benzene rings is 1. The van der Waals surface area contributed by atoms with Crippen LogP contribution in [0.1, 0.15) is 31.0 Å². The first kappa shape index (κ1) is 12.5. The molecule has 4 nitrogen and oxygen atoms in total. The summed E-state index contributed by atoms with van der Waals surface area (Å²) in [5, 5.41) is 11.1. The molecule has 0 aliphatic carbocycles. The minimum Gasteiger partial charge on any atom is -0.465 e. The zero-order valence-corrected chi connectivity index (χ0v) is 9.60. The van der Waals surface area contributed by atoms with Crippen molar-refractivity contribution < 1.29 is 9.90 Å². The first-order chi connectivity index (χ1) is 7.49. The van der Waals surface area contributed by atoms with Gasteiger partial charge < -0.3 is 16.2 Å². The van der Waals surface area contributed by atoms with Gasteiger partial charge in [-0.1, -0.05) is 24.3 Å². The second kappa shape index (κ2) is 5.51. The van der Waals surface area contributed by atoms with E-state index >= 15 is 0 Å². The van der Waals surface area contributed by atoms with Gasteiger partial charge in [0.2, 0.25) is 0 Å². The summed E-state index contributed by atoms with van der Waals surface area (Å²) in [6, 6.07) is 7.73. The van der Waals surface area contributed by atoms with Gasteiger partial charge in [0.1, 0.15) is 0 Å². The van der Waals surface area contributed by atoms with E-state index in [2.05, 4.69) is 5.32 Å². The number of nitrogens with two attached hydrogens (primary N) is 1. The Balaban J connectivity index is 2.77. The summed E-state index contributed by atoms with van der Waals surface area (Å²) < 4.78 is 0. The van der Waals surface area contributed by atoms with E-state index in [1.807, 2.05) is 38.1 Å². The fourth-order valence-electron chi connectivity index (χ4n) is 1.63. The summed E-state index contributed by atoms with van der Waals surface area (Å²) in [6.45, 7) is 3.77. The summed E-state index contributed by atoms with van der Waals surface area (Å²) in [4.78, 5) is 10.5. The minimum absolute atomic E-state index is 0.109. The highest BCUT2D eigenvalue weighted by molar-refractivity contribution is 5.65. The Morgan fingerprint density at radius 2 is 2.19 bits per heavy atom. The molecule has 0 aromatic heterocycles. The SMILES string of the molecule is CC(N)Cc1cccc(C(C)NC(=O)O)c1. The van der Waals surface area contributed by atoms with E-state index in [9.17, 15) is 4.79 Å². The lowest BCUT2D eigenvalue weighted by Gasteiger charge is -2.13. The van der Waals surface area contributed by atoms with Gasteiger partial charge in [0, 0.05) is 6.04 Å². The molecule has 4 heteroatoms. The van der Waals surface area contributed by atoms with Crippen LogP contribution >= 0.6 is 0 Å². The third kappa shape index (κ3) is 3.90. The molecule has 1 aromatic carbocycles. The van der Waals surface area contributed by atoms with Gasteiger partial charge in [-0.25, -0.2) is 4.79 Å². The molecule has 4 N–H and O–H groups in total. The van der Waals surface area contributed by atoms with E-state index in [0.29, 0.717) is 0 Å². The van der Waals surface area contributed by atoms with E-state index in [1.54, 1.807) is 0 Å². The molecule has 0 aliphatic rings. The molecule has 0 saturated heterocycles. The van der Waals surface area contributed by atoms with Crippen molar-refractivity contribution in [1.29, 1.82) is 0 Å². The molecule has 0 spiro atoms. The Bertz CT molecular complexity index is 364. The van der Waals surface area contributed by atoms with Crippen LogP contribution in [0, 0.1) is 0 Å². The largest absolute Gasteiger partial charge is 0.465 e. The highest BCUT2D eigenvalue weighted by Gasteiger charge is 2.08. The van der Waals surface area contributed by atoms with Gasteiger partial charge in [0.15, 0.2) is 0 Å². The quantitative estimate of drug-likeness (QED) is 0.728. The van der Waals surface area contributed by atoms with Crippen molar-refractivity contribution in [3.8, 4) is 0 Å². The zero-order chi connectivity index (χ0) is 12.1. The zero-order valence-electron chi connectivity index (χ0n) is 9.60. The van der Waals surface area contributed by atoms with Crippen molar-refractivity contribution in [1.82, 2.24) is 5.32 Å². The number of carboxylic acid groups (broad SMARTS) is 1. The topological polar surface area (TPSA) is 75.3 Å². The lowest BCUT2D eigenvalue weighted by Crippen LogP contribution is -2.24. The van der Waals surface area contributed by atoms with E-state index in [1.165, 1.54) is 0 Å². The normalized spacial score (nSPS) is 14.2. The number of hydrogen-bond donors (Lipinski definition) is 3. The van der Waals surface area contributed by atoms with E-state index in [4.69, 9.17) is 10.8 Å². The number of rotatable bonds is 4. The Kier molecular flexibility index (Phi) is 4.31. The van der Waals surface area contributed by atoms with Crippen LogP contribution in [0.25, 0.3) is 0 Å². The molecule has 0 saturated carbocycles. The van der Waals surface area contributed by atoms with Gasteiger partial charge in [-0.15, -0.1) is 0 Å². The molecule has 2 unspecified atom stereocenters. The highest BCUT2D eigenvalue weighted by atomic mass is 16.4. The van der Waals surface area contributed by atoms with Gasteiger partial charge in [-0.05, 0) is 31.4 Å². The lowest BCUT2D eigenvalue weighted by atomic mass is 10.0. The third-order valence-corrected chi connectivity index (χ3v) is 2.35. The smallest absolute Gasteiger partial charge is 0.405 e. The van der Waals surface area contributed by atoms with E-state index in [0.717, 1.165) is 17.5 Å². The van der Waals surface area contributed by atoms with Crippen molar-refractivity contribution in [2.24, 2.45) is 5.73 Å².